The minimum absolute atomic E-state index is 0.209. The van der Waals surface area contributed by atoms with Gasteiger partial charge in [0.1, 0.15) is 5.66 Å². The highest BCUT2D eigenvalue weighted by Crippen LogP contribution is 2.58. The molecule has 0 aromatic heterocycles. The summed E-state index contributed by atoms with van der Waals surface area (Å²) in [7, 11) is -0.969. The molecule has 0 spiro atoms. The van der Waals surface area contributed by atoms with Gasteiger partial charge in [0.2, 0.25) is 5.91 Å². The van der Waals surface area contributed by atoms with E-state index in [4.69, 9.17) is 14.8 Å². The molecule has 1 amide bonds. The topological polar surface area (TPSA) is 78.6 Å². The van der Waals surface area contributed by atoms with Crippen LogP contribution >= 0.6 is 7.60 Å². The van der Waals surface area contributed by atoms with Crippen LogP contribution in [0.5, 0.6) is 0 Å². The summed E-state index contributed by atoms with van der Waals surface area (Å²) in [5, 5.41) is 0. The lowest BCUT2D eigenvalue weighted by Crippen LogP contribution is -2.34. The molecule has 1 aromatic carbocycles. The Morgan fingerprint density at radius 3 is 2.58 bits per heavy atom. The van der Waals surface area contributed by atoms with Crippen LogP contribution < -0.4 is 5.73 Å². The summed E-state index contributed by atoms with van der Waals surface area (Å²) in [5.41, 5.74) is 6.68. The number of fused-ring (bicyclic) bond motifs is 1. The lowest BCUT2D eigenvalue weighted by molar-refractivity contribution is -0.118. The molecule has 2 unspecified atom stereocenters. The zero-order valence-electron chi connectivity index (χ0n) is 11.0. The average molecular weight is 283 g/mol. The van der Waals surface area contributed by atoms with Gasteiger partial charge in [0, 0.05) is 20.1 Å². The Morgan fingerprint density at radius 2 is 2.00 bits per heavy atom. The standard InChI is InChI=1S/C13H18NO4P/c1-17-19(16,18-2)12(13(14)15)11-8-7-9-5-3-4-6-10(9)11/h3-6,11-12H,7-8H2,1-2H3,(H2,14,15). The maximum Gasteiger partial charge on any atom is 0.343 e. The van der Waals surface area contributed by atoms with E-state index in [0.29, 0.717) is 0 Å². The minimum atomic E-state index is -3.53. The molecule has 0 radical (unpaired) electrons. The molecule has 0 saturated carbocycles. The monoisotopic (exact) mass is 283 g/mol. The summed E-state index contributed by atoms with van der Waals surface area (Å²) in [6.07, 6.45) is 1.57. The van der Waals surface area contributed by atoms with Gasteiger partial charge in [-0.3, -0.25) is 9.36 Å². The highest BCUT2D eigenvalue weighted by molar-refractivity contribution is 7.55. The van der Waals surface area contributed by atoms with Crippen molar-refractivity contribution in [1.82, 2.24) is 0 Å². The van der Waals surface area contributed by atoms with Gasteiger partial charge >= 0.3 is 7.60 Å². The van der Waals surface area contributed by atoms with E-state index in [1.807, 2.05) is 24.3 Å². The summed E-state index contributed by atoms with van der Waals surface area (Å²) in [4.78, 5) is 11.8. The van der Waals surface area contributed by atoms with Crippen LogP contribution in [-0.4, -0.2) is 25.8 Å². The van der Waals surface area contributed by atoms with Crippen LogP contribution in [0.3, 0.4) is 0 Å². The van der Waals surface area contributed by atoms with E-state index in [2.05, 4.69) is 0 Å². The molecule has 2 N–H and O–H groups in total. The van der Waals surface area contributed by atoms with Crippen molar-refractivity contribution in [3.8, 4) is 0 Å². The van der Waals surface area contributed by atoms with Gasteiger partial charge < -0.3 is 14.8 Å². The third-order valence-corrected chi connectivity index (χ3v) is 6.02. The molecule has 1 aliphatic rings. The third-order valence-electron chi connectivity index (χ3n) is 3.70. The maximum atomic E-state index is 12.5. The van der Waals surface area contributed by atoms with E-state index in [1.165, 1.54) is 14.2 Å². The molecule has 0 fully saturated rings. The molecule has 0 bridgehead atoms. The predicted octanol–water partition coefficient (Wildman–Crippen LogP) is 2.06. The number of benzene rings is 1. The Morgan fingerprint density at radius 1 is 1.37 bits per heavy atom. The molecule has 0 saturated heterocycles. The largest absolute Gasteiger partial charge is 0.369 e. The summed E-state index contributed by atoms with van der Waals surface area (Å²) in [6, 6.07) is 7.81. The Bertz CT molecular complexity index is 523. The minimum Gasteiger partial charge on any atom is -0.369 e. The first-order valence-corrected chi connectivity index (χ1v) is 7.73. The van der Waals surface area contributed by atoms with E-state index >= 15 is 0 Å². The third kappa shape index (κ3) is 2.46. The normalized spacial score (nSPS) is 20.0. The van der Waals surface area contributed by atoms with Gasteiger partial charge in [-0.05, 0) is 24.0 Å². The van der Waals surface area contributed by atoms with Gasteiger partial charge in [-0.1, -0.05) is 24.3 Å². The van der Waals surface area contributed by atoms with E-state index < -0.39 is 19.2 Å². The number of rotatable bonds is 5. The first-order chi connectivity index (χ1) is 9.03. The second-order valence-corrected chi connectivity index (χ2v) is 6.96. The van der Waals surface area contributed by atoms with Gasteiger partial charge in [0.15, 0.2) is 0 Å². The quantitative estimate of drug-likeness (QED) is 0.839. The number of primary amides is 1. The molecule has 6 heteroatoms. The molecule has 1 aromatic rings. The SMILES string of the molecule is COP(=O)(OC)C(C(N)=O)C1CCc2ccccc21. The Hall–Kier alpha value is -1.16. The molecular weight excluding hydrogens is 265 g/mol. The number of hydrogen-bond acceptors (Lipinski definition) is 4. The van der Waals surface area contributed by atoms with Crippen molar-refractivity contribution in [1.29, 1.82) is 0 Å². The number of nitrogens with two attached hydrogens (primary N) is 1. The lowest BCUT2D eigenvalue weighted by atomic mass is 9.97. The van der Waals surface area contributed by atoms with Crippen molar-refractivity contribution < 1.29 is 18.4 Å². The second kappa shape index (κ2) is 5.45. The predicted molar refractivity (Wildman–Crippen MR) is 72.1 cm³/mol. The second-order valence-electron chi connectivity index (χ2n) is 4.60. The average Bonchev–Trinajstić information content (AvgIpc) is 2.82. The van der Waals surface area contributed by atoms with Gasteiger partial charge in [0.25, 0.3) is 0 Å². The Balaban J connectivity index is 2.43. The number of hydrogen-bond donors (Lipinski definition) is 1. The van der Waals surface area contributed by atoms with Crippen LogP contribution in [0.1, 0.15) is 23.5 Å². The molecule has 104 valence electrons. The molecule has 5 nitrogen and oxygen atoms in total. The fourth-order valence-corrected chi connectivity index (χ4v) is 4.46. The molecular formula is C13H18NO4P. The van der Waals surface area contributed by atoms with Gasteiger partial charge in [0.05, 0.1) is 0 Å². The Labute approximate surface area is 112 Å². The van der Waals surface area contributed by atoms with Crippen molar-refractivity contribution in [3.05, 3.63) is 35.4 Å². The number of carbonyl (C=O) groups is 1. The van der Waals surface area contributed by atoms with Gasteiger partial charge in [-0.25, -0.2) is 0 Å². The van der Waals surface area contributed by atoms with Crippen molar-refractivity contribution in [2.45, 2.75) is 24.4 Å². The van der Waals surface area contributed by atoms with Crippen LogP contribution in [0, 0.1) is 0 Å². The van der Waals surface area contributed by atoms with E-state index in [9.17, 15) is 9.36 Å². The molecule has 19 heavy (non-hydrogen) atoms. The molecule has 1 aliphatic carbocycles. The van der Waals surface area contributed by atoms with Crippen molar-refractivity contribution >= 4 is 13.5 Å². The van der Waals surface area contributed by atoms with E-state index in [-0.39, 0.29) is 5.92 Å². The molecule has 2 atom stereocenters. The summed E-state index contributed by atoms with van der Waals surface area (Å²) in [5.74, 6) is -0.854. The van der Waals surface area contributed by atoms with Crippen molar-refractivity contribution in [2.75, 3.05) is 14.2 Å². The molecule has 0 aliphatic heterocycles. The zero-order valence-corrected chi connectivity index (χ0v) is 11.9. The summed E-state index contributed by atoms with van der Waals surface area (Å²) in [6.45, 7) is 0. The highest BCUT2D eigenvalue weighted by atomic mass is 31.2. The number of aryl methyl sites for hydroxylation is 1. The number of carbonyl (C=O) groups excluding carboxylic acids is 1. The van der Waals surface area contributed by atoms with Crippen LogP contribution in [0.2, 0.25) is 0 Å². The van der Waals surface area contributed by atoms with Gasteiger partial charge in [-0.15, -0.1) is 0 Å². The van der Waals surface area contributed by atoms with Crippen LogP contribution in [-0.2, 0) is 24.8 Å². The fourth-order valence-electron chi connectivity index (χ4n) is 2.79. The lowest BCUT2D eigenvalue weighted by Gasteiger charge is -2.27. The van der Waals surface area contributed by atoms with E-state index in [0.717, 1.165) is 24.0 Å². The molecule has 0 heterocycles. The smallest absolute Gasteiger partial charge is 0.343 e. The molecule has 2 rings (SSSR count). The van der Waals surface area contributed by atoms with E-state index in [1.54, 1.807) is 0 Å². The van der Waals surface area contributed by atoms with Crippen molar-refractivity contribution in [2.24, 2.45) is 5.73 Å². The first kappa shape index (κ1) is 14.3. The van der Waals surface area contributed by atoms with Crippen molar-refractivity contribution in [3.63, 3.8) is 0 Å². The Kier molecular flexibility index (Phi) is 4.09. The summed E-state index contributed by atoms with van der Waals surface area (Å²) >= 11 is 0. The zero-order chi connectivity index (χ0) is 14.0. The van der Waals surface area contributed by atoms with Crippen LogP contribution in [0.25, 0.3) is 0 Å². The highest BCUT2D eigenvalue weighted by Gasteiger charge is 2.46. The summed E-state index contributed by atoms with van der Waals surface area (Å²) < 4.78 is 22.5. The van der Waals surface area contributed by atoms with Gasteiger partial charge in [-0.2, -0.15) is 0 Å². The van der Waals surface area contributed by atoms with Crippen LogP contribution in [0.4, 0.5) is 0 Å². The van der Waals surface area contributed by atoms with Crippen LogP contribution in [0.15, 0.2) is 24.3 Å². The fraction of sp³-hybridized carbons (Fsp3) is 0.462. The maximum absolute atomic E-state index is 12.5. The number of amides is 1. The first-order valence-electron chi connectivity index (χ1n) is 6.12.